The van der Waals surface area contributed by atoms with Crippen molar-refractivity contribution in [2.24, 2.45) is 11.8 Å². The maximum Gasteiger partial charge on any atom is 0.240 e. The first-order valence-corrected chi connectivity index (χ1v) is 8.24. The van der Waals surface area contributed by atoms with Crippen LogP contribution in [-0.2, 0) is 17.8 Å². The van der Waals surface area contributed by atoms with E-state index in [9.17, 15) is 4.79 Å². The predicted octanol–water partition coefficient (Wildman–Crippen LogP) is 2.60. The second-order valence-corrected chi connectivity index (χ2v) is 6.81. The molecule has 3 heteroatoms. The Morgan fingerprint density at radius 2 is 1.86 bits per heavy atom. The summed E-state index contributed by atoms with van der Waals surface area (Å²) in [5.74, 6) is 1.82. The van der Waals surface area contributed by atoms with Gasteiger partial charge < -0.3 is 10.2 Å². The van der Waals surface area contributed by atoms with Gasteiger partial charge in [-0.05, 0) is 42.2 Å². The summed E-state index contributed by atoms with van der Waals surface area (Å²) >= 11 is 0. The first-order chi connectivity index (χ1) is 10.1. The summed E-state index contributed by atoms with van der Waals surface area (Å²) in [6.07, 6.45) is 3.15. The molecular weight excluding hydrogens is 260 g/mol. The maximum absolute atomic E-state index is 12.7. The number of nitrogens with one attached hydrogen (secondary N) is 1. The Hall–Kier alpha value is -1.35. The number of nitrogens with zero attached hydrogens (tertiary/aromatic N) is 1. The summed E-state index contributed by atoms with van der Waals surface area (Å²) in [6, 6.07) is 8.41. The Balaban J connectivity index is 1.60. The van der Waals surface area contributed by atoms with Crippen LogP contribution in [0.2, 0.25) is 0 Å². The molecule has 114 valence electrons. The number of likely N-dealkylation sites (tertiary alicyclic amines) is 1. The van der Waals surface area contributed by atoms with Crippen molar-refractivity contribution in [2.45, 2.75) is 45.7 Å². The maximum atomic E-state index is 12.7. The first kappa shape index (κ1) is 14.6. The molecule has 2 heterocycles. The zero-order valence-corrected chi connectivity index (χ0v) is 13.1. The quantitative estimate of drug-likeness (QED) is 0.906. The van der Waals surface area contributed by atoms with Crippen LogP contribution in [0, 0.1) is 11.8 Å². The summed E-state index contributed by atoms with van der Waals surface area (Å²) in [6.45, 7) is 7.27. The third-order valence-corrected chi connectivity index (χ3v) is 5.17. The van der Waals surface area contributed by atoms with Crippen molar-refractivity contribution < 1.29 is 4.79 Å². The Morgan fingerprint density at radius 1 is 1.19 bits per heavy atom. The number of carbonyl (C=O) groups is 1. The molecule has 0 aromatic heterocycles. The van der Waals surface area contributed by atoms with Gasteiger partial charge in [0.15, 0.2) is 0 Å². The highest BCUT2D eigenvalue weighted by atomic mass is 16.2. The number of hydrogen-bond donors (Lipinski definition) is 1. The second kappa shape index (κ2) is 6.18. The minimum atomic E-state index is -0.0319. The van der Waals surface area contributed by atoms with Gasteiger partial charge in [-0.15, -0.1) is 0 Å². The van der Waals surface area contributed by atoms with Crippen LogP contribution in [0.4, 0.5) is 0 Å². The molecule has 0 bridgehead atoms. The molecular formula is C18H26N2O. The average Bonchev–Trinajstić information content (AvgIpc) is 2.54. The fourth-order valence-corrected chi connectivity index (χ4v) is 3.64. The van der Waals surface area contributed by atoms with E-state index in [1.165, 1.54) is 11.1 Å². The van der Waals surface area contributed by atoms with Crippen molar-refractivity contribution in [3.8, 4) is 0 Å². The SMILES string of the molecule is CC(C)C1CCN(C(=O)[C@H]2Cc3ccccc3CN2)CC1. The molecule has 0 aliphatic carbocycles. The second-order valence-electron chi connectivity index (χ2n) is 6.81. The van der Waals surface area contributed by atoms with E-state index in [0.29, 0.717) is 5.91 Å². The lowest BCUT2D eigenvalue weighted by Gasteiger charge is -2.37. The van der Waals surface area contributed by atoms with E-state index in [-0.39, 0.29) is 6.04 Å². The van der Waals surface area contributed by atoms with Crippen LogP contribution in [0.15, 0.2) is 24.3 Å². The standard InChI is InChI=1S/C18H26N2O/c1-13(2)14-7-9-20(10-8-14)18(21)17-11-15-5-3-4-6-16(15)12-19-17/h3-6,13-14,17,19H,7-12H2,1-2H3/t17-/m1/s1. The van der Waals surface area contributed by atoms with Crippen LogP contribution >= 0.6 is 0 Å². The Kier molecular flexibility index (Phi) is 4.29. The van der Waals surface area contributed by atoms with Crippen LogP contribution in [0.1, 0.15) is 37.8 Å². The van der Waals surface area contributed by atoms with Gasteiger partial charge in [0.05, 0.1) is 6.04 Å². The molecule has 1 aromatic carbocycles. The van der Waals surface area contributed by atoms with E-state index in [2.05, 4.69) is 48.3 Å². The number of rotatable bonds is 2. The van der Waals surface area contributed by atoms with E-state index in [1.54, 1.807) is 0 Å². The number of fused-ring (bicyclic) bond motifs is 1. The third-order valence-electron chi connectivity index (χ3n) is 5.17. The van der Waals surface area contributed by atoms with E-state index >= 15 is 0 Å². The van der Waals surface area contributed by atoms with Gasteiger partial charge in [-0.2, -0.15) is 0 Å². The number of amides is 1. The van der Waals surface area contributed by atoms with E-state index in [0.717, 1.165) is 50.7 Å². The van der Waals surface area contributed by atoms with E-state index in [1.807, 2.05) is 0 Å². The molecule has 0 spiro atoms. The van der Waals surface area contributed by atoms with Crippen LogP contribution < -0.4 is 5.32 Å². The summed E-state index contributed by atoms with van der Waals surface area (Å²) in [5, 5.41) is 3.42. The number of carbonyl (C=O) groups excluding carboxylic acids is 1. The smallest absolute Gasteiger partial charge is 0.240 e. The fourth-order valence-electron chi connectivity index (χ4n) is 3.64. The predicted molar refractivity (Wildman–Crippen MR) is 84.9 cm³/mol. The average molecular weight is 286 g/mol. The molecule has 1 saturated heterocycles. The van der Waals surface area contributed by atoms with Gasteiger partial charge in [-0.25, -0.2) is 0 Å². The number of piperidine rings is 1. The van der Waals surface area contributed by atoms with Crippen molar-refractivity contribution in [3.63, 3.8) is 0 Å². The van der Waals surface area contributed by atoms with E-state index in [4.69, 9.17) is 0 Å². The topological polar surface area (TPSA) is 32.3 Å². The molecule has 0 unspecified atom stereocenters. The Bertz CT molecular complexity index is 504. The van der Waals surface area contributed by atoms with Crippen molar-refractivity contribution in [2.75, 3.05) is 13.1 Å². The molecule has 1 atom stereocenters. The summed E-state index contributed by atoms with van der Waals surface area (Å²) in [4.78, 5) is 14.8. The lowest BCUT2D eigenvalue weighted by molar-refractivity contribution is -0.135. The lowest BCUT2D eigenvalue weighted by atomic mass is 9.86. The molecule has 3 rings (SSSR count). The Morgan fingerprint density at radius 3 is 2.52 bits per heavy atom. The Labute approximate surface area is 127 Å². The largest absolute Gasteiger partial charge is 0.341 e. The summed E-state index contributed by atoms with van der Waals surface area (Å²) in [7, 11) is 0. The molecule has 3 nitrogen and oxygen atoms in total. The first-order valence-electron chi connectivity index (χ1n) is 8.24. The lowest BCUT2D eigenvalue weighted by Crippen LogP contribution is -2.51. The molecule has 21 heavy (non-hydrogen) atoms. The zero-order valence-electron chi connectivity index (χ0n) is 13.1. The third kappa shape index (κ3) is 3.13. The van der Waals surface area contributed by atoms with Crippen LogP contribution in [-0.4, -0.2) is 29.9 Å². The van der Waals surface area contributed by atoms with Gasteiger partial charge in [0.25, 0.3) is 0 Å². The van der Waals surface area contributed by atoms with Crippen LogP contribution in [0.3, 0.4) is 0 Å². The summed E-state index contributed by atoms with van der Waals surface area (Å²) in [5.41, 5.74) is 2.66. The van der Waals surface area contributed by atoms with Crippen molar-refractivity contribution in [1.82, 2.24) is 10.2 Å². The monoisotopic (exact) mass is 286 g/mol. The number of benzene rings is 1. The molecule has 1 N–H and O–H groups in total. The highest BCUT2D eigenvalue weighted by Gasteiger charge is 2.30. The van der Waals surface area contributed by atoms with Crippen molar-refractivity contribution in [3.05, 3.63) is 35.4 Å². The van der Waals surface area contributed by atoms with Gasteiger partial charge in [-0.1, -0.05) is 38.1 Å². The van der Waals surface area contributed by atoms with E-state index < -0.39 is 0 Å². The fraction of sp³-hybridized carbons (Fsp3) is 0.611. The zero-order chi connectivity index (χ0) is 14.8. The minimum absolute atomic E-state index is 0.0319. The number of hydrogen-bond acceptors (Lipinski definition) is 2. The van der Waals surface area contributed by atoms with Gasteiger partial charge >= 0.3 is 0 Å². The van der Waals surface area contributed by atoms with Gasteiger partial charge in [-0.3, -0.25) is 4.79 Å². The molecule has 0 radical (unpaired) electrons. The summed E-state index contributed by atoms with van der Waals surface area (Å²) < 4.78 is 0. The highest BCUT2D eigenvalue weighted by molar-refractivity contribution is 5.82. The van der Waals surface area contributed by atoms with Crippen LogP contribution in [0.5, 0.6) is 0 Å². The van der Waals surface area contributed by atoms with Gasteiger partial charge in [0.1, 0.15) is 0 Å². The highest BCUT2D eigenvalue weighted by Crippen LogP contribution is 2.25. The molecule has 2 aliphatic heterocycles. The molecule has 2 aliphatic rings. The molecule has 0 saturated carbocycles. The van der Waals surface area contributed by atoms with Crippen LogP contribution in [0.25, 0.3) is 0 Å². The normalized spacial score (nSPS) is 23.2. The van der Waals surface area contributed by atoms with Crippen molar-refractivity contribution in [1.29, 1.82) is 0 Å². The van der Waals surface area contributed by atoms with Gasteiger partial charge in [0.2, 0.25) is 5.91 Å². The molecule has 1 aromatic rings. The molecule has 1 amide bonds. The minimum Gasteiger partial charge on any atom is -0.341 e. The molecule has 1 fully saturated rings. The van der Waals surface area contributed by atoms with Gasteiger partial charge in [0, 0.05) is 19.6 Å². The van der Waals surface area contributed by atoms with Crippen molar-refractivity contribution >= 4 is 5.91 Å².